The summed E-state index contributed by atoms with van der Waals surface area (Å²) in [5.74, 6) is 0.453. The van der Waals surface area contributed by atoms with E-state index in [1.54, 1.807) is 12.4 Å². The number of aryl methyl sites for hydroxylation is 2. The van der Waals surface area contributed by atoms with E-state index < -0.39 is 6.10 Å². The van der Waals surface area contributed by atoms with Crippen molar-refractivity contribution in [3.05, 3.63) is 59.2 Å². The van der Waals surface area contributed by atoms with E-state index in [0.29, 0.717) is 5.82 Å². The second-order valence-electron chi connectivity index (χ2n) is 4.52. The molecule has 1 unspecified atom stereocenters. The maximum absolute atomic E-state index is 10.3. The normalized spacial score (nSPS) is 12.4. The van der Waals surface area contributed by atoms with Gasteiger partial charge in [-0.25, -0.2) is 9.97 Å². The molecule has 18 heavy (non-hydrogen) atoms. The van der Waals surface area contributed by atoms with Gasteiger partial charge in [-0.1, -0.05) is 37.6 Å². The van der Waals surface area contributed by atoms with Crippen LogP contribution in [0.25, 0.3) is 0 Å². The van der Waals surface area contributed by atoms with Gasteiger partial charge in [-0.15, -0.1) is 0 Å². The number of hydrogen-bond acceptors (Lipinski definition) is 3. The van der Waals surface area contributed by atoms with Gasteiger partial charge < -0.3 is 5.11 Å². The highest BCUT2D eigenvalue weighted by atomic mass is 16.3. The lowest BCUT2D eigenvalue weighted by molar-refractivity contribution is 0.209. The molecule has 3 nitrogen and oxygen atoms in total. The van der Waals surface area contributed by atoms with Crippen molar-refractivity contribution in [3.63, 3.8) is 0 Å². The second kappa shape index (κ2) is 5.74. The van der Waals surface area contributed by atoms with Crippen molar-refractivity contribution in [1.29, 1.82) is 0 Å². The Morgan fingerprint density at radius 1 is 1.22 bits per heavy atom. The Balaban J connectivity index is 2.24. The van der Waals surface area contributed by atoms with Gasteiger partial charge in [0.15, 0.2) is 5.82 Å². The molecule has 0 aliphatic rings. The molecule has 0 aliphatic heterocycles. The highest BCUT2D eigenvalue weighted by molar-refractivity contribution is 5.28. The smallest absolute Gasteiger partial charge is 0.161 e. The topological polar surface area (TPSA) is 46.0 Å². The lowest BCUT2D eigenvalue weighted by Crippen LogP contribution is -2.05. The Morgan fingerprint density at radius 2 is 1.94 bits per heavy atom. The maximum atomic E-state index is 10.3. The number of rotatable bonds is 4. The highest BCUT2D eigenvalue weighted by Gasteiger charge is 2.13. The molecule has 1 N–H and O–H groups in total. The van der Waals surface area contributed by atoms with E-state index >= 15 is 0 Å². The fourth-order valence-corrected chi connectivity index (χ4v) is 1.90. The van der Waals surface area contributed by atoms with Gasteiger partial charge in [0.2, 0.25) is 0 Å². The molecule has 0 bridgehead atoms. The van der Waals surface area contributed by atoms with Crippen LogP contribution in [0.3, 0.4) is 0 Å². The molecular formula is C15H18N2O. The van der Waals surface area contributed by atoms with E-state index in [0.717, 1.165) is 24.0 Å². The molecule has 2 aromatic rings. The molecular weight excluding hydrogens is 224 g/mol. The summed E-state index contributed by atoms with van der Waals surface area (Å²) in [4.78, 5) is 8.34. The zero-order chi connectivity index (χ0) is 13.0. The third-order valence-electron chi connectivity index (χ3n) is 2.85. The first-order valence-corrected chi connectivity index (χ1v) is 6.26. The van der Waals surface area contributed by atoms with E-state index in [-0.39, 0.29) is 0 Å². The fraction of sp³-hybridized carbons (Fsp3) is 0.333. The summed E-state index contributed by atoms with van der Waals surface area (Å²) < 4.78 is 0. The SMILES string of the molecule is CCCc1cccc(C(O)c2ncc(C)cn2)c1. The molecule has 94 valence electrons. The number of aromatic nitrogens is 2. The minimum atomic E-state index is -0.748. The minimum absolute atomic E-state index is 0.453. The van der Waals surface area contributed by atoms with Gasteiger partial charge in [0.25, 0.3) is 0 Å². The van der Waals surface area contributed by atoms with Crippen molar-refractivity contribution in [2.75, 3.05) is 0 Å². The van der Waals surface area contributed by atoms with Crippen molar-refractivity contribution in [1.82, 2.24) is 9.97 Å². The van der Waals surface area contributed by atoms with E-state index in [1.165, 1.54) is 5.56 Å². The first-order chi connectivity index (χ1) is 8.70. The van der Waals surface area contributed by atoms with Crippen LogP contribution in [0.2, 0.25) is 0 Å². The Labute approximate surface area is 108 Å². The van der Waals surface area contributed by atoms with Crippen LogP contribution in [0, 0.1) is 6.92 Å². The number of benzene rings is 1. The summed E-state index contributed by atoms with van der Waals surface area (Å²) >= 11 is 0. The first-order valence-electron chi connectivity index (χ1n) is 6.26. The molecule has 1 atom stereocenters. The summed E-state index contributed by atoms with van der Waals surface area (Å²) in [5, 5.41) is 10.3. The zero-order valence-corrected chi connectivity index (χ0v) is 10.8. The summed E-state index contributed by atoms with van der Waals surface area (Å²) in [5.41, 5.74) is 3.08. The molecule has 1 aromatic heterocycles. The van der Waals surface area contributed by atoms with Crippen LogP contribution in [0.5, 0.6) is 0 Å². The molecule has 0 spiro atoms. The van der Waals surface area contributed by atoms with Crippen molar-refractivity contribution < 1.29 is 5.11 Å². The van der Waals surface area contributed by atoms with Crippen LogP contribution in [-0.4, -0.2) is 15.1 Å². The lowest BCUT2D eigenvalue weighted by atomic mass is 10.0. The van der Waals surface area contributed by atoms with E-state index in [4.69, 9.17) is 0 Å². The van der Waals surface area contributed by atoms with Crippen LogP contribution < -0.4 is 0 Å². The third kappa shape index (κ3) is 2.93. The average Bonchev–Trinajstić information content (AvgIpc) is 2.39. The Hall–Kier alpha value is -1.74. The Morgan fingerprint density at radius 3 is 2.61 bits per heavy atom. The molecule has 1 aromatic carbocycles. The van der Waals surface area contributed by atoms with Crippen molar-refractivity contribution in [2.24, 2.45) is 0 Å². The number of aliphatic hydroxyl groups is 1. The highest BCUT2D eigenvalue weighted by Crippen LogP contribution is 2.20. The van der Waals surface area contributed by atoms with Gasteiger partial charge in [0.05, 0.1) is 0 Å². The van der Waals surface area contributed by atoms with Crippen LogP contribution in [0.1, 0.15) is 42.0 Å². The van der Waals surface area contributed by atoms with Gasteiger partial charge in [-0.05, 0) is 30.0 Å². The molecule has 0 aliphatic carbocycles. The largest absolute Gasteiger partial charge is 0.380 e. The van der Waals surface area contributed by atoms with E-state index in [9.17, 15) is 5.11 Å². The van der Waals surface area contributed by atoms with Crippen molar-refractivity contribution in [2.45, 2.75) is 32.8 Å². The van der Waals surface area contributed by atoms with Crippen LogP contribution >= 0.6 is 0 Å². The minimum Gasteiger partial charge on any atom is -0.380 e. The van der Waals surface area contributed by atoms with E-state index in [2.05, 4.69) is 23.0 Å². The summed E-state index contributed by atoms with van der Waals surface area (Å²) in [7, 11) is 0. The molecule has 0 fully saturated rings. The summed E-state index contributed by atoms with van der Waals surface area (Å²) in [6, 6.07) is 7.98. The van der Waals surface area contributed by atoms with Crippen LogP contribution in [0.4, 0.5) is 0 Å². The first kappa shape index (κ1) is 12.7. The molecule has 2 rings (SSSR count). The predicted octanol–water partition coefficient (Wildman–Crippen LogP) is 2.82. The summed E-state index contributed by atoms with van der Waals surface area (Å²) in [6.45, 7) is 4.07. The Kier molecular flexibility index (Phi) is 4.05. The molecule has 0 saturated carbocycles. The molecule has 0 amide bonds. The fourth-order valence-electron chi connectivity index (χ4n) is 1.90. The quantitative estimate of drug-likeness (QED) is 0.896. The predicted molar refractivity (Wildman–Crippen MR) is 71.3 cm³/mol. The third-order valence-corrected chi connectivity index (χ3v) is 2.85. The van der Waals surface area contributed by atoms with Crippen LogP contribution in [-0.2, 0) is 6.42 Å². The monoisotopic (exact) mass is 242 g/mol. The lowest BCUT2D eigenvalue weighted by Gasteiger charge is -2.11. The Bertz CT molecular complexity index is 508. The number of nitrogens with zero attached hydrogens (tertiary/aromatic N) is 2. The van der Waals surface area contributed by atoms with Crippen LogP contribution in [0.15, 0.2) is 36.7 Å². The molecule has 1 heterocycles. The summed E-state index contributed by atoms with van der Waals surface area (Å²) in [6.07, 6.45) is 4.82. The molecule has 0 saturated heterocycles. The van der Waals surface area contributed by atoms with Gasteiger partial charge >= 0.3 is 0 Å². The van der Waals surface area contributed by atoms with Gasteiger partial charge in [-0.3, -0.25) is 0 Å². The van der Waals surface area contributed by atoms with Gasteiger partial charge in [0, 0.05) is 12.4 Å². The standard InChI is InChI=1S/C15H18N2O/c1-3-5-12-6-4-7-13(8-12)14(18)15-16-9-11(2)10-17-15/h4,6-10,14,18H,3,5H2,1-2H3. The van der Waals surface area contributed by atoms with Gasteiger partial charge in [-0.2, -0.15) is 0 Å². The zero-order valence-electron chi connectivity index (χ0n) is 10.8. The maximum Gasteiger partial charge on any atom is 0.161 e. The van der Waals surface area contributed by atoms with Gasteiger partial charge in [0.1, 0.15) is 6.10 Å². The van der Waals surface area contributed by atoms with Crippen molar-refractivity contribution >= 4 is 0 Å². The average molecular weight is 242 g/mol. The molecule has 3 heteroatoms. The number of hydrogen-bond donors (Lipinski definition) is 1. The van der Waals surface area contributed by atoms with E-state index in [1.807, 2.05) is 25.1 Å². The second-order valence-corrected chi connectivity index (χ2v) is 4.52. The van der Waals surface area contributed by atoms with Crippen molar-refractivity contribution in [3.8, 4) is 0 Å². The number of aliphatic hydroxyl groups excluding tert-OH is 1. The molecule has 0 radical (unpaired) electrons.